The van der Waals surface area contributed by atoms with E-state index in [2.05, 4.69) is 0 Å². The average molecular weight is 188 g/mol. The van der Waals surface area contributed by atoms with Crippen LogP contribution in [0.1, 0.15) is 0 Å². The summed E-state index contributed by atoms with van der Waals surface area (Å²) in [4.78, 5) is 33.3. The molecule has 1 saturated heterocycles. The Morgan fingerprint density at radius 3 is 2.23 bits per heavy atom. The molecular weight excluding hydrogens is 180 g/mol. The smallest absolute Gasteiger partial charge is 0.415 e. The molecule has 13 heavy (non-hydrogen) atoms. The van der Waals surface area contributed by atoms with E-state index in [1.165, 1.54) is 7.05 Å². The van der Waals surface area contributed by atoms with E-state index in [0.717, 1.165) is 4.90 Å². The molecule has 0 spiro atoms. The molecule has 0 aliphatic carbocycles. The monoisotopic (exact) mass is 188 g/mol. The highest BCUT2D eigenvalue weighted by Gasteiger charge is 2.42. The van der Waals surface area contributed by atoms with E-state index in [-0.39, 0.29) is 6.54 Å². The maximum absolute atomic E-state index is 11.1. The number of imide groups is 1. The van der Waals surface area contributed by atoms with Gasteiger partial charge in [-0.2, -0.15) is 0 Å². The van der Waals surface area contributed by atoms with Gasteiger partial charge in [0.2, 0.25) is 0 Å². The van der Waals surface area contributed by atoms with Gasteiger partial charge in [-0.3, -0.25) is 0 Å². The first-order valence-corrected chi connectivity index (χ1v) is 3.45. The number of amides is 3. The van der Waals surface area contributed by atoms with Gasteiger partial charge in [-0.1, -0.05) is 0 Å². The molecule has 1 atom stereocenters. The Morgan fingerprint density at radius 1 is 1.46 bits per heavy atom. The van der Waals surface area contributed by atoms with E-state index >= 15 is 0 Å². The Labute approximate surface area is 73.2 Å². The summed E-state index contributed by atoms with van der Waals surface area (Å²) in [5.41, 5.74) is 0. The molecule has 1 unspecified atom stereocenters. The fourth-order valence-electron chi connectivity index (χ4n) is 1.10. The van der Waals surface area contributed by atoms with Gasteiger partial charge in [0, 0.05) is 7.05 Å². The van der Waals surface area contributed by atoms with Gasteiger partial charge < -0.3 is 15.1 Å². The van der Waals surface area contributed by atoms with Gasteiger partial charge in [-0.05, 0) is 0 Å². The van der Waals surface area contributed by atoms with Crippen LogP contribution < -0.4 is 0 Å². The molecule has 7 heteroatoms. The zero-order valence-corrected chi connectivity index (χ0v) is 6.80. The maximum Gasteiger partial charge on any atom is 0.415 e. The summed E-state index contributed by atoms with van der Waals surface area (Å²) >= 11 is 0. The molecule has 0 saturated carbocycles. The second-order valence-corrected chi connectivity index (χ2v) is 2.64. The summed E-state index contributed by atoms with van der Waals surface area (Å²) < 4.78 is 0. The molecule has 1 rings (SSSR count). The summed E-state index contributed by atoms with van der Waals surface area (Å²) in [6, 6.07) is -1.89. The molecule has 0 aromatic heterocycles. The van der Waals surface area contributed by atoms with Crippen LogP contribution in [0.15, 0.2) is 0 Å². The van der Waals surface area contributed by atoms with Crippen molar-refractivity contribution in [1.82, 2.24) is 9.80 Å². The van der Waals surface area contributed by atoms with Crippen molar-refractivity contribution in [2.24, 2.45) is 0 Å². The van der Waals surface area contributed by atoms with Crippen molar-refractivity contribution in [1.29, 1.82) is 0 Å². The van der Waals surface area contributed by atoms with Crippen LogP contribution in [0.5, 0.6) is 0 Å². The molecule has 1 aliphatic rings. The number of hydrogen-bond donors (Lipinski definition) is 2. The van der Waals surface area contributed by atoms with Gasteiger partial charge in [-0.25, -0.2) is 19.3 Å². The number of carboxylic acids is 1. The highest BCUT2D eigenvalue weighted by atomic mass is 16.4. The minimum atomic E-state index is -1.43. The molecule has 0 aromatic carbocycles. The standard InChI is InChI=1S/C6H8N2O5/c1-7-3(4(9)10)2-8(5(7)11)6(12)13/h3H,2H2,1H3,(H,9,10)(H,12,13). The Morgan fingerprint density at radius 2 is 2.00 bits per heavy atom. The minimum Gasteiger partial charge on any atom is -0.480 e. The third-order valence-corrected chi connectivity index (χ3v) is 1.87. The van der Waals surface area contributed by atoms with E-state index in [1.807, 2.05) is 0 Å². The zero-order valence-electron chi connectivity index (χ0n) is 6.80. The van der Waals surface area contributed by atoms with Gasteiger partial charge in [0.05, 0.1) is 6.54 Å². The number of rotatable bonds is 1. The van der Waals surface area contributed by atoms with Crippen LogP contribution in [-0.4, -0.2) is 57.7 Å². The van der Waals surface area contributed by atoms with Gasteiger partial charge in [0.1, 0.15) is 6.04 Å². The van der Waals surface area contributed by atoms with Crippen molar-refractivity contribution >= 4 is 18.1 Å². The van der Waals surface area contributed by atoms with Crippen LogP contribution in [0, 0.1) is 0 Å². The Balaban J connectivity index is 2.84. The lowest BCUT2D eigenvalue weighted by Crippen LogP contribution is -2.36. The predicted octanol–water partition coefficient (Wildman–Crippen LogP) is -0.515. The highest BCUT2D eigenvalue weighted by Crippen LogP contribution is 2.13. The number of carboxylic acid groups (broad SMARTS) is 2. The first-order chi connectivity index (χ1) is 5.95. The van der Waals surface area contributed by atoms with Gasteiger partial charge in [-0.15, -0.1) is 0 Å². The zero-order chi connectivity index (χ0) is 10.2. The van der Waals surface area contributed by atoms with Crippen LogP contribution in [0.4, 0.5) is 9.59 Å². The lowest BCUT2D eigenvalue weighted by Gasteiger charge is -2.12. The third kappa shape index (κ3) is 1.40. The molecule has 2 N–H and O–H groups in total. The van der Waals surface area contributed by atoms with Crippen LogP contribution in [0.2, 0.25) is 0 Å². The molecular formula is C6H8N2O5. The van der Waals surface area contributed by atoms with Crippen molar-refractivity contribution in [3.05, 3.63) is 0 Å². The van der Waals surface area contributed by atoms with Crippen molar-refractivity contribution in [3.8, 4) is 0 Å². The number of urea groups is 1. The number of nitrogens with zero attached hydrogens (tertiary/aromatic N) is 2. The number of carbonyl (C=O) groups is 3. The number of hydrogen-bond acceptors (Lipinski definition) is 3. The first-order valence-electron chi connectivity index (χ1n) is 3.45. The van der Waals surface area contributed by atoms with Crippen LogP contribution >= 0.6 is 0 Å². The summed E-state index contributed by atoms with van der Waals surface area (Å²) in [6.07, 6.45) is -1.43. The molecule has 72 valence electrons. The molecule has 1 fully saturated rings. The molecule has 7 nitrogen and oxygen atoms in total. The Bertz CT molecular complexity index is 276. The highest BCUT2D eigenvalue weighted by molar-refractivity contribution is 5.95. The first kappa shape index (κ1) is 9.30. The van der Waals surface area contributed by atoms with Gasteiger partial charge in [0.15, 0.2) is 0 Å². The molecule has 0 aromatic rings. The van der Waals surface area contributed by atoms with Crippen molar-refractivity contribution in [2.45, 2.75) is 6.04 Å². The SMILES string of the molecule is CN1C(=O)N(C(=O)O)CC1C(=O)O. The summed E-state index contributed by atoms with van der Waals surface area (Å²) in [5, 5.41) is 17.1. The predicted molar refractivity (Wildman–Crippen MR) is 39.3 cm³/mol. The number of likely N-dealkylation sites (N-methyl/N-ethyl adjacent to an activating group) is 1. The summed E-state index contributed by atoms with van der Waals surface area (Å²) in [7, 11) is 1.25. The number of carbonyl (C=O) groups excluding carboxylic acids is 1. The summed E-state index contributed by atoms with van der Waals surface area (Å²) in [5.74, 6) is -1.21. The molecule has 0 radical (unpaired) electrons. The average Bonchev–Trinajstić information content (AvgIpc) is 2.29. The molecule has 3 amide bonds. The lowest BCUT2D eigenvalue weighted by atomic mass is 10.3. The maximum atomic E-state index is 11.1. The third-order valence-electron chi connectivity index (χ3n) is 1.87. The summed E-state index contributed by atoms with van der Waals surface area (Å²) in [6.45, 7) is -0.319. The van der Waals surface area contributed by atoms with Crippen molar-refractivity contribution < 1.29 is 24.6 Å². The van der Waals surface area contributed by atoms with Gasteiger partial charge >= 0.3 is 18.1 Å². The normalized spacial score (nSPS) is 22.2. The van der Waals surface area contributed by atoms with Crippen LogP contribution in [0.3, 0.4) is 0 Å². The van der Waals surface area contributed by atoms with Gasteiger partial charge in [0.25, 0.3) is 0 Å². The fourth-order valence-corrected chi connectivity index (χ4v) is 1.10. The quantitative estimate of drug-likeness (QED) is 0.577. The van der Waals surface area contributed by atoms with E-state index in [1.54, 1.807) is 0 Å². The van der Waals surface area contributed by atoms with E-state index < -0.39 is 24.1 Å². The van der Waals surface area contributed by atoms with E-state index in [9.17, 15) is 14.4 Å². The van der Waals surface area contributed by atoms with E-state index in [0.29, 0.717) is 4.90 Å². The minimum absolute atomic E-state index is 0.319. The second-order valence-electron chi connectivity index (χ2n) is 2.64. The molecule has 1 aliphatic heterocycles. The van der Waals surface area contributed by atoms with Crippen molar-refractivity contribution in [3.63, 3.8) is 0 Å². The largest absolute Gasteiger partial charge is 0.480 e. The van der Waals surface area contributed by atoms with Crippen LogP contribution in [-0.2, 0) is 4.79 Å². The molecule has 1 heterocycles. The lowest BCUT2D eigenvalue weighted by molar-refractivity contribution is -0.140. The Kier molecular flexibility index (Phi) is 2.09. The number of aliphatic carboxylic acids is 1. The van der Waals surface area contributed by atoms with Crippen molar-refractivity contribution in [2.75, 3.05) is 13.6 Å². The molecule has 0 bridgehead atoms. The second kappa shape index (κ2) is 2.92. The Hall–Kier alpha value is -1.79. The van der Waals surface area contributed by atoms with E-state index in [4.69, 9.17) is 10.2 Å². The fraction of sp³-hybridized carbons (Fsp3) is 0.500. The topological polar surface area (TPSA) is 98.2 Å². The van der Waals surface area contributed by atoms with Crippen LogP contribution in [0.25, 0.3) is 0 Å².